The van der Waals surface area contributed by atoms with Gasteiger partial charge in [0.15, 0.2) is 0 Å². The van der Waals surface area contributed by atoms with Crippen LogP contribution in [-0.4, -0.2) is 23.5 Å². The lowest BCUT2D eigenvalue weighted by atomic mass is 10.1. The van der Waals surface area contributed by atoms with E-state index in [0.29, 0.717) is 5.69 Å². The van der Waals surface area contributed by atoms with Crippen LogP contribution in [0.15, 0.2) is 18.2 Å². The Hall–Kier alpha value is -2.11. The predicted molar refractivity (Wildman–Crippen MR) is 67.8 cm³/mol. The first-order valence-electron chi connectivity index (χ1n) is 5.39. The molecule has 0 heterocycles. The zero-order valence-corrected chi connectivity index (χ0v) is 10.8. The van der Waals surface area contributed by atoms with Crippen molar-refractivity contribution in [3.05, 3.63) is 33.9 Å². The standard InChI is InChI=1S/C12H16N2O4/c1-12(2,3)13-9-7-8(11(15)18-4)5-6-10(9)14(16)17/h5-7,13H,1-4H3. The monoisotopic (exact) mass is 252 g/mol. The molecule has 1 aromatic carbocycles. The maximum Gasteiger partial charge on any atom is 0.337 e. The van der Waals surface area contributed by atoms with Crippen LogP contribution in [0, 0.1) is 10.1 Å². The van der Waals surface area contributed by atoms with E-state index in [4.69, 9.17) is 0 Å². The number of ether oxygens (including phenoxy) is 1. The van der Waals surface area contributed by atoms with Gasteiger partial charge < -0.3 is 10.1 Å². The van der Waals surface area contributed by atoms with Crippen molar-refractivity contribution in [1.82, 2.24) is 0 Å². The summed E-state index contributed by atoms with van der Waals surface area (Å²) in [5.41, 5.74) is 0.155. The zero-order valence-electron chi connectivity index (χ0n) is 10.8. The lowest BCUT2D eigenvalue weighted by molar-refractivity contribution is -0.384. The fourth-order valence-corrected chi connectivity index (χ4v) is 1.44. The first-order chi connectivity index (χ1) is 8.24. The summed E-state index contributed by atoms with van der Waals surface area (Å²) < 4.78 is 4.59. The van der Waals surface area contributed by atoms with Gasteiger partial charge in [0.1, 0.15) is 5.69 Å². The molecule has 1 aromatic rings. The summed E-state index contributed by atoms with van der Waals surface area (Å²) >= 11 is 0. The molecular weight excluding hydrogens is 236 g/mol. The number of methoxy groups -OCH3 is 1. The molecule has 98 valence electrons. The lowest BCUT2D eigenvalue weighted by Crippen LogP contribution is -2.26. The quantitative estimate of drug-likeness (QED) is 0.508. The van der Waals surface area contributed by atoms with E-state index >= 15 is 0 Å². The lowest BCUT2D eigenvalue weighted by Gasteiger charge is -2.22. The number of anilines is 1. The van der Waals surface area contributed by atoms with Crippen molar-refractivity contribution in [3.8, 4) is 0 Å². The number of benzene rings is 1. The number of esters is 1. The Morgan fingerprint density at radius 2 is 2.00 bits per heavy atom. The Morgan fingerprint density at radius 1 is 1.39 bits per heavy atom. The van der Waals surface area contributed by atoms with Crippen molar-refractivity contribution in [2.24, 2.45) is 0 Å². The average molecular weight is 252 g/mol. The molecule has 0 aliphatic heterocycles. The molecule has 0 aliphatic carbocycles. The minimum Gasteiger partial charge on any atom is -0.465 e. The number of nitrogens with one attached hydrogen (secondary N) is 1. The molecule has 1 rings (SSSR count). The number of nitro groups is 1. The van der Waals surface area contributed by atoms with Gasteiger partial charge in [-0.2, -0.15) is 0 Å². The molecule has 6 nitrogen and oxygen atoms in total. The predicted octanol–water partition coefficient (Wildman–Crippen LogP) is 2.59. The van der Waals surface area contributed by atoms with Crippen molar-refractivity contribution in [2.75, 3.05) is 12.4 Å². The average Bonchev–Trinajstić information content (AvgIpc) is 2.25. The fourth-order valence-electron chi connectivity index (χ4n) is 1.44. The number of hydrogen-bond donors (Lipinski definition) is 1. The SMILES string of the molecule is COC(=O)c1ccc([N+](=O)[O-])c(NC(C)(C)C)c1. The molecule has 0 saturated heterocycles. The van der Waals surface area contributed by atoms with E-state index < -0.39 is 10.9 Å². The first kappa shape index (κ1) is 14.0. The van der Waals surface area contributed by atoms with Crippen LogP contribution in [0.4, 0.5) is 11.4 Å². The van der Waals surface area contributed by atoms with Gasteiger partial charge in [-0.3, -0.25) is 10.1 Å². The van der Waals surface area contributed by atoms with Crippen molar-refractivity contribution in [2.45, 2.75) is 26.3 Å². The second kappa shape index (κ2) is 5.03. The van der Waals surface area contributed by atoms with E-state index in [1.165, 1.54) is 25.3 Å². The smallest absolute Gasteiger partial charge is 0.337 e. The highest BCUT2D eigenvalue weighted by atomic mass is 16.6. The molecule has 6 heteroatoms. The Morgan fingerprint density at radius 3 is 2.44 bits per heavy atom. The van der Waals surface area contributed by atoms with Gasteiger partial charge in [-0.1, -0.05) is 0 Å². The molecule has 1 N–H and O–H groups in total. The van der Waals surface area contributed by atoms with E-state index in [1.807, 2.05) is 20.8 Å². The van der Waals surface area contributed by atoms with Gasteiger partial charge in [0.05, 0.1) is 17.6 Å². The van der Waals surface area contributed by atoms with Gasteiger partial charge in [-0.25, -0.2) is 4.79 Å². The molecule has 0 aromatic heterocycles. The van der Waals surface area contributed by atoms with Crippen molar-refractivity contribution in [1.29, 1.82) is 0 Å². The Labute approximate surface area is 105 Å². The minimum absolute atomic E-state index is 0.0717. The maximum absolute atomic E-state index is 11.4. The van der Waals surface area contributed by atoms with E-state index in [1.54, 1.807) is 0 Å². The summed E-state index contributed by atoms with van der Waals surface area (Å²) in [6.07, 6.45) is 0. The second-order valence-corrected chi connectivity index (χ2v) is 4.86. The second-order valence-electron chi connectivity index (χ2n) is 4.86. The molecule has 0 saturated carbocycles. The van der Waals surface area contributed by atoms with Gasteiger partial charge in [0.2, 0.25) is 0 Å². The summed E-state index contributed by atoms with van der Waals surface area (Å²) in [6.45, 7) is 5.63. The Balaban J connectivity index is 3.24. The third-order valence-corrected chi connectivity index (χ3v) is 2.12. The summed E-state index contributed by atoms with van der Waals surface area (Å²) in [5.74, 6) is -0.526. The number of nitro benzene ring substituents is 1. The van der Waals surface area contributed by atoms with Gasteiger partial charge >= 0.3 is 5.97 Å². The highest BCUT2D eigenvalue weighted by Gasteiger charge is 2.20. The van der Waals surface area contributed by atoms with Crippen LogP contribution in [0.3, 0.4) is 0 Å². The van der Waals surface area contributed by atoms with Gasteiger partial charge in [0.25, 0.3) is 5.69 Å². The molecular formula is C12H16N2O4. The Kier molecular flexibility index (Phi) is 3.90. The number of carbonyl (C=O) groups is 1. The van der Waals surface area contributed by atoms with E-state index in [2.05, 4.69) is 10.1 Å². The van der Waals surface area contributed by atoms with Gasteiger partial charge in [-0.05, 0) is 32.9 Å². The van der Waals surface area contributed by atoms with Crippen LogP contribution in [-0.2, 0) is 4.74 Å². The number of carbonyl (C=O) groups excluding carboxylic acids is 1. The number of rotatable bonds is 3. The van der Waals surface area contributed by atoms with Crippen LogP contribution in [0.5, 0.6) is 0 Å². The molecule has 0 aliphatic rings. The summed E-state index contributed by atoms with van der Waals surface area (Å²) in [5, 5.41) is 13.9. The molecule has 0 fully saturated rings. The molecule has 0 atom stereocenters. The largest absolute Gasteiger partial charge is 0.465 e. The van der Waals surface area contributed by atoms with Crippen molar-refractivity contribution in [3.63, 3.8) is 0 Å². The van der Waals surface area contributed by atoms with Crippen LogP contribution in [0.2, 0.25) is 0 Å². The first-order valence-corrected chi connectivity index (χ1v) is 5.39. The number of hydrogen-bond acceptors (Lipinski definition) is 5. The molecule has 0 amide bonds. The minimum atomic E-state index is -0.526. The highest BCUT2D eigenvalue weighted by molar-refractivity contribution is 5.91. The highest BCUT2D eigenvalue weighted by Crippen LogP contribution is 2.28. The molecule has 18 heavy (non-hydrogen) atoms. The molecule has 0 spiro atoms. The fraction of sp³-hybridized carbons (Fsp3) is 0.417. The summed E-state index contributed by atoms with van der Waals surface area (Å²) in [6, 6.07) is 4.09. The molecule has 0 unspecified atom stereocenters. The van der Waals surface area contributed by atoms with E-state index in [0.717, 1.165) is 0 Å². The number of nitrogens with zero attached hydrogens (tertiary/aromatic N) is 1. The van der Waals surface area contributed by atoms with Gasteiger partial charge in [-0.15, -0.1) is 0 Å². The molecule has 0 radical (unpaired) electrons. The molecule has 0 bridgehead atoms. The van der Waals surface area contributed by atoms with Crippen LogP contribution >= 0.6 is 0 Å². The van der Waals surface area contributed by atoms with Crippen molar-refractivity contribution >= 4 is 17.3 Å². The van der Waals surface area contributed by atoms with Crippen molar-refractivity contribution < 1.29 is 14.5 Å². The van der Waals surface area contributed by atoms with E-state index in [-0.39, 0.29) is 16.8 Å². The summed E-state index contributed by atoms with van der Waals surface area (Å²) in [7, 11) is 1.26. The maximum atomic E-state index is 11.4. The zero-order chi connectivity index (χ0) is 13.9. The van der Waals surface area contributed by atoms with Gasteiger partial charge in [0, 0.05) is 11.6 Å². The van der Waals surface area contributed by atoms with Crippen LogP contribution < -0.4 is 5.32 Å². The third kappa shape index (κ3) is 3.44. The topological polar surface area (TPSA) is 81.5 Å². The van der Waals surface area contributed by atoms with Crippen LogP contribution in [0.1, 0.15) is 31.1 Å². The Bertz CT molecular complexity index is 477. The third-order valence-electron chi connectivity index (χ3n) is 2.12. The normalized spacial score (nSPS) is 10.9. The van der Waals surface area contributed by atoms with Crippen LogP contribution in [0.25, 0.3) is 0 Å². The van der Waals surface area contributed by atoms with E-state index in [9.17, 15) is 14.9 Å². The summed E-state index contributed by atoms with van der Waals surface area (Å²) in [4.78, 5) is 21.8.